The third kappa shape index (κ3) is 4.61. The molecule has 1 aromatic heterocycles. The number of carboxylic acid groups (broad SMARTS) is 1. The first-order valence-electron chi connectivity index (χ1n) is 6.92. The van der Waals surface area contributed by atoms with E-state index in [1.54, 1.807) is 20.8 Å². The van der Waals surface area contributed by atoms with Gasteiger partial charge in [-0.1, -0.05) is 13.3 Å². The first-order chi connectivity index (χ1) is 10.2. The lowest BCUT2D eigenvalue weighted by Crippen LogP contribution is -2.26. The number of unbranched alkanes of at least 4 members (excludes halogenated alkanes) is 1. The Kier molecular flexibility index (Phi) is 5.73. The number of carboxylic acids is 1. The lowest BCUT2D eigenvalue weighted by atomic mass is 10.2. The molecule has 0 unspecified atom stereocenters. The molecule has 1 rings (SSSR count). The predicted octanol–water partition coefficient (Wildman–Crippen LogP) is 2.47. The second kappa shape index (κ2) is 7.11. The maximum absolute atomic E-state index is 12.1. The number of ether oxygens (including phenoxy) is 2. The Hall–Kier alpha value is -2.31. The molecule has 0 saturated carbocycles. The summed E-state index contributed by atoms with van der Waals surface area (Å²) in [7, 11) is 0. The van der Waals surface area contributed by atoms with Crippen LogP contribution >= 0.6 is 0 Å². The topological polar surface area (TPSA) is 103 Å². The van der Waals surface area contributed by atoms with Gasteiger partial charge >= 0.3 is 11.9 Å². The van der Waals surface area contributed by atoms with Crippen LogP contribution in [0.2, 0.25) is 0 Å². The molecule has 22 heavy (non-hydrogen) atoms. The molecule has 7 heteroatoms. The molecule has 0 amide bonds. The number of carbonyl (C=O) groups excluding carboxylic acids is 1. The summed E-state index contributed by atoms with van der Waals surface area (Å²) in [4.78, 5) is 35.2. The SMILES string of the molecule is CCCCOc1c(C(=O)OC(C)(C)C)occ(C(=O)O)c1=O. The average Bonchev–Trinajstić information content (AvgIpc) is 2.38. The van der Waals surface area contributed by atoms with Crippen LogP contribution in [-0.4, -0.2) is 29.3 Å². The van der Waals surface area contributed by atoms with E-state index < -0.39 is 40.0 Å². The maximum atomic E-state index is 12.1. The van der Waals surface area contributed by atoms with Crippen LogP contribution in [0.4, 0.5) is 0 Å². The Labute approximate surface area is 127 Å². The number of esters is 1. The Morgan fingerprint density at radius 3 is 2.45 bits per heavy atom. The molecule has 0 aliphatic heterocycles. The quantitative estimate of drug-likeness (QED) is 0.635. The summed E-state index contributed by atoms with van der Waals surface area (Å²) in [5, 5.41) is 8.95. The zero-order valence-electron chi connectivity index (χ0n) is 13.1. The molecule has 0 aliphatic carbocycles. The molecule has 7 nitrogen and oxygen atoms in total. The van der Waals surface area contributed by atoms with Gasteiger partial charge in [-0.05, 0) is 27.2 Å². The lowest BCUT2D eigenvalue weighted by molar-refractivity contribution is 0.00260. The van der Waals surface area contributed by atoms with E-state index in [1.165, 1.54) is 0 Å². The number of hydrogen-bond donors (Lipinski definition) is 1. The summed E-state index contributed by atoms with van der Waals surface area (Å²) in [6.07, 6.45) is 2.17. The molecule has 0 atom stereocenters. The molecule has 0 saturated heterocycles. The summed E-state index contributed by atoms with van der Waals surface area (Å²) >= 11 is 0. The van der Waals surface area contributed by atoms with E-state index in [9.17, 15) is 14.4 Å². The number of rotatable bonds is 6. The molecule has 0 aliphatic rings. The van der Waals surface area contributed by atoms with Crippen molar-refractivity contribution in [2.45, 2.75) is 46.1 Å². The van der Waals surface area contributed by atoms with Crippen LogP contribution in [0, 0.1) is 0 Å². The van der Waals surface area contributed by atoms with Crippen molar-refractivity contribution in [3.63, 3.8) is 0 Å². The Morgan fingerprint density at radius 2 is 1.95 bits per heavy atom. The molecule has 122 valence electrons. The molecule has 1 N–H and O–H groups in total. The monoisotopic (exact) mass is 312 g/mol. The van der Waals surface area contributed by atoms with Gasteiger partial charge in [-0.3, -0.25) is 4.79 Å². The first kappa shape index (κ1) is 17.7. The van der Waals surface area contributed by atoms with Gasteiger partial charge in [0.1, 0.15) is 17.4 Å². The molecule has 0 radical (unpaired) electrons. The molecule has 0 spiro atoms. The van der Waals surface area contributed by atoms with Gasteiger partial charge < -0.3 is 19.0 Å². The van der Waals surface area contributed by atoms with Gasteiger partial charge in [0.2, 0.25) is 11.2 Å². The minimum atomic E-state index is -1.45. The highest BCUT2D eigenvalue weighted by atomic mass is 16.6. The van der Waals surface area contributed by atoms with Crippen molar-refractivity contribution in [3.05, 3.63) is 27.8 Å². The van der Waals surface area contributed by atoms with Crippen molar-refractivity contribution < 1.29 is 28.6 Å². The van der Waals surface area contributed by atoms with Crippen molar-refractivity contribution >= 4 is 11.9 Å². The maximum Gasteiger partial charge on any atom is 0.378 e. The van der Waals surface area contributed by atoms with Crippen LogP contribution in [0.25, 0.3) is 0 Å². The molecule has 1 aromatic rings. The zero-order chi connectivity index (χ0) is 16.9. The highest BCUT2D eigenvalue weighted by Crippen LogP contribution is 2.20. The second-order valence-electron chi connectivity index (χ2n) is 5.65. The molecular weight excluding hydrogens is 292 g/mol. The summed E-state index contributed by atoms with van der Waals surface area (Å²) in [5.74, 6) is -3.19. The number of carbonyl (C=O) groups is 2. The Bertz CT molecular complexity index is 607. The van der Waals surface area contributed by atoms with Crippen LogP contribution in [0.1, 0.15) is 61.4 Å². The normalized spacial score (nSPS) is 11.1. The smallest absolute Gasteiger partial charge is 0.378 e. The van der Waals surface area contributed by atoms with Gasteiger partial charge in [0.05, 0.1) is 6.61 Å². The van der Waals surface area contributed by atoms with Crippen molar-refractivity contribution in [2.24, 2.45) is 0 Å². The summed E-state index contributed by atoms with van der Waals surface area (Å²) in [6, 6.07) is 0. The third-order valence-electron chi connectivity index (χ3n) is 2.51. The van der Waals surface area contributed by atoms with Gasteiger partial charge in [-0.15, -0.1) is 0 Å². The fourth-order valence-electron chi connectivity index (χ4n) is 1.51. The fourth-order valence-corrected chi connectivity index (χ4v) is 1.51. The van der Waals surface area contributed by atoms with Crippen LogP contribution < -0.4 is 10.2 Å². The zero-order valence-corrected chi connectivity index (χ0v) is 13.1. The lowest BCUT2D eigenvalue weighted by Gasteiger charge is -2.19. The predicted molar refractivity (Wildman–Crippen MR) is 77.5 cm³/mol. The van der Waals surface area contributed by atoms with Crippen LogP contribution in [-0.2, 0) is 4.74 Å². The van der Waals surface area contributed by atoms with Crippen LogP contribution in [0.5, 0.6) is 5.75 Å². The highest BCUT2D eigenvalue weighted by molar-refractivity contribution is 5.92. The third-order valence-corrected chi connectivity index (χ3v) is 2.51. The number of hydrogen-bond acceptors (Lipinski definition) is 6. The van der Waals surface area contributed by atoms with E-state index in [0.717, 1.165) is 12.7 Å². The Balaban J connectivity index is 3.25. The molecule has 0 fully saturated rings. The van der Waals surface area contributed by atoms with Gasteiger partial charge in [-0.25, -0.2) is 9.59 Å². The summed E-state index contributed by atoms with van der Waals surface area (Å²) in [5.41, 5.74) is -2.29. The van der Waals surface area contributed by atoms with Crippen molar-refractivity contribution in [2.75, 3.05) is 6.61 Å². The van der Waals surface area contributed by atoms with Gasteiger partial charge in [0.25, 0.3) is 5.76 Å². The standard InChI is InChI=1S/C15H20O7/c1-5-6-7-20-11-10(16)9(13(17)18)8-21-12(11)14(19)22-15(2,3)4/h8H,5-7H2,1-4H3,(H,17,18). The largest absolute Gasteiger partial charge is 0.486 e. The fraction of sp³-hybridized carbons (Fsp3) is 0.533. The van der Waals surface area contributed by atoms with Crippen molar-refractivity contribution in [3.8, 4) is 5.75 Å². The van der Waals surface area contributed by atoms with E-state index in [-0.39, 0.29) is 6.61 Å². The number of aromatic carboxylic acids is 1. The van der Waals surface area contributed by atoms with Gasteiger partial charge in [0, 0.05) is 0 Å². The van der Waals surface area contributed by atoms with E-state index in [4.69, 9.17) is 19.0 Å². The minimum absolute atomic E-state index is 0.167. The van der Waals surface area contributed by atoms with Gasteiger partial charge in [0.15, 0.2) is 0 Å². The molecular formula is C15H20O7. The van der Waals surface area contributed by atoms with Crippen molar-refractivity contribution in [1.29, 1.82) is 0 Å². The summed E-state index contributed by atoms with van der Waals surface area (Å²) in [6.45, 7) is 7.07. The van der Waals surface area contributed by atoms with Crippen LogP contribution in [0.15, 0.2) is 15.5 Å². The Morgan fingerprint density at radius 1 is 1.32 bits per heavy atom. The van der Waals surface area contributed by atoms with Gasteiger partial charge in [-0.2, -0.15) is 0 Å². The average molecular weight is 312 g/mol. The van der Waals surface area contributed by atoms with E-state index >= 15 is 0 Å². The molecule has 0 aromatic carbocycles. The molecule has 1 heterocycles. The minimum Gasteiger partial charge on any atom is -0.486 e. The van der Waals surface area contributed by atoms with Crippen molar-refractivity contribution in [1.82, 2.24) is 0 Å². The second-order valence-corrected chi connectivity index (χ2v) is 5.65. The molecule has 0 bridgehead atoms. The van der Waals surface area contributed by atoms with E-state index in [0.29, 0.717) is 6.42 Å². The van der Waals surface area contributed by atoms with Crippen LogP contribution in [0.3, 0.4) is 0 Å². The van der Waals surface area contributed by atoms with E-state index in [2.05, 4.69) is 0 Å². The first-order valence-corrected chi connectivity index (χ1v) is 6.92. The van der Waals surface area contributed by atoms with E-state index in [1.807, 2.05) is 6.92 Å². The highest BCUT2D eigenvalue weighted by Gasteiger charge is 2.28. The summed E-state index contributed by atoms with van der Waals surface area (Å²) < 4.78 is 15.4.